The van der Waals surface area contributed by atoms with Crippen molar-refractivity contribution in [1.82, 2.24) is 10.6 Å². The lowest BCUT2D eigenvalue weighted by Crippen LogP contribution is -2.39. The van der Waals surface area contributed by atoms with Gasteiger partial charge in [0.2, 0.25) is 0 Å². The zero-order chi connectivity index (χ0) is 26.6. The highest BCUT2D eigenvalue weighted by Gasteiger charge is 2.51. The Kier molecular flexibility index (Phi) is 12.8. The molecule has 2 rings (SSSR count). The molecule has 1 saturated carbocycles. The molecule has 36 heavy (non-hydrogen) atoms. The highest BCUT2D eigenvalue weighted by molar-refractivity contribution is 5.99. The fourth-order valence-electron chi connectivity index (χ4n) is 5.15. The summed E-state index contributed by atoms with van der Waals surface area (Å²) in [6.45, 7) is 10.3. The molecule has 0 amide bonds. The van der Waals surface area contributed by atoms with Crippen LogP contribution in [0.3, 0.4) is 0 Å². The van der Waals surface area contributed by atoms with Gasteiger partial charge in [0.1, 0.15) is 12.5 Å². The Hall–Kier alpha value is -2.08. The number of nitrogens with two attached hydrogens (primary N) is 1. The predicted octanol–water partition coefficient (Wildman–Crippen LogP) is 3.65. The summed E-state index contributed by atoms with van der Waals surface area (Å²) >= 11 is 0. The van der Waals surface area contributed by atoms with Crippen molar-refractivity contribution in [1.29, 1.82) is 5.26 Å². The molecule has 200 valence electrons. The van der Waals surface area contributed by atoms with Crippen molar-refractivity contribution in [3.05, 3.63) is 47.0 Å². The van der Waals surface area contributed by atoms with Gasteiger partial charge in [-0.15, -0.1) is 0 Å². The summed E-state index contributed by atoms with van der Waals surface area (Å²) in [5.41, 5.74) is 9.60. The summed E-state index contributed by atoms with van der Waals surface area (Å²) in [5, 5.41) is 36.8. The molecule has 0 aromatic heterocycles. The Morgan fingerprint density at radius 1 is 1.28 bits per heavy atom. The van der Waals surface area contributed by atoms with Gasteiger partial charge in [-0.25, -0.2) is 0 Å². The zero-order valence-electron chi connectivity index (χ0n) is 22.6. The predicted molar refractivity (Wildman–Crippen MR) is 148 cm³/mol. The number of nitriles is 1. The average Bonchev–Trinajstić information content (AvgIpc) is 3.54. The van der Waals surface area contributed by atoms with E-state index >= 15 is 0 Å². The second kappa shape index (κ2) is 15.2. The van der Waals surface area contributed by atoms with E-state index in [2.05, 4.69) is 30.6 Å². The van der Waals surface area contributed by atoms with Gasteiger partial charge in [0, 0.05) is 25.2 Å². The molecule has 7 nitrogen and oxygen atoms in total. The van der Waals surface area contributed by atoms with Crippen LogP contribution in [0.5, 0.6) is 0 Å². The molecule has 0 saturated heterocycles. The first-order chi connectivity index (χ1) is 17.3. The number of nitrogens with one attached hydrogen (secondary N) is 2. The fraction of sp³-hybridized carbons (Fsp3) is 0.655. The zero-order valence-corrected chi connectivity index (χ0v) is 22.6. The van der Waals surface area contributed by atoms with Crippen LogP contribution in [0.2, 0.25) is 0 Å². The maximum atomic E-state index is 10.7. The monoisotopic (exact) mass is 497 g/mol. The summed E-state index contributed by atoms with van der Waals surface area (Å²) in [4.78, 5) is 4.79. The van der Waals surface area contributed by atoms with E-state index in [1.165, 1.54) is 0 Å². The lowest BCUT2D eigenvalue weighted by molar-refractivity contribution is 0.112. The average molecular weight is 498 g/mol. The number of hydrogen-bond acceptors (Lipinski definition) is 7. The summed E-state index contributed by atoms with van der Waals surface area (Å²) < 4.78 is 0. The van der Waals surface area contributed by atoms with Crippen molar-refractivity contribution < 1.29 is 10.2 Å². The fourth-order valence-corrected chi connectivity index (χ4v) is 5.15. The molecule has 0 spiro atoms. The van der Waals surface area contributed by atoms with E-state index in [4.69, 9.17) is 16.0 Å². The quantitative estimate of drug-likeness (QED) is 0.165. The van der Waals surface area contributed by atoms with Gasteiger partial charge in [-0.2, -0.15) is 5.26 Å². The SMILES string of the molecule is CCCC(=NC(C)C(O)NCC1CC1(CCC)CCNC(O)Cc1cccc(C#N)c1)/C(C)=C/CN. The maximum absolute atomic E-state index is 10.7. The number of aliphatic hydroxyl groups excluding tert-OH is 2. The van der Waals surface area contributed by atoms with Crippen LogP contribution in [-0.4, -0.2) is 54.1 Å². The molecule has 0 aliphatic heterocycles. The number of nitrogens with zero attached hydrogens (tertiary/aromatic N) is 2. The third-order valence-electron chi connectivity index (χ3n) is 7.35. The lowest BCUT2D eigenvalue weighted by atomic mass is 9.93. The first-order valence-corrected chi connectivity index (χ1v) is 13.5. The summed E-state index contributed by atoms with van der Waals surface area (Å²) in [5.74, 6) is 0.517. The summed E-state index contributed by atoms with van der Waals surface area (Å²) in [7, 11) is 0. The maximum Gasteiger partial charge on any atom is 0.127 e. The molecule has 5 unspecified atom stereocenters. The molecule has 1 aliphatic rings. The highest BCUT2D eigenvalue weighted by Crippen LogP contribution is 2.58. The molecular formula is C29H47N5O2. The Labute approximate surface area is 217 Å². The van der Waals surface area contributed by atoms with Gasteiger partial charge < -0.3 is 15.9 Å². The molecule has 6 N–H and O–H groups in total. The topological polar surface area (TPSA) is 127 Å². The first-order valence-electron chi connectivity index (χ1n) is 13.5. The molecule has 0 heterocycles. The second-order valence-corrected chi connectivity index (χ2v) is 10.3. The van der Waals surface area contributed by atoms with Crippen LogP contribution >= 0.6 is 0 Å². The Morgan fingerprint density at radius 2 is 2.06 bits per heavy atom. The van der Waals surface area contributed by atoms with E-state index in [0.717, 1.165) is 68.5 Å². The smallest absolute Gasteiger partial charge is 0.127 e. The van der Waals surface area contributed by atoms with Crippen LogP contribution in [0.25, 0.3) is 0 Å². The standard InChI is InChI=1S/C29H47N5O2/c1-5-8-26(21(3)11-14-30)34-22(4)28(36)33-20-25-18-29(25,12-6-2)13-15-32-27(35)17-23-9-7-10-24(16-23)19-31/h7,9-11,16,22,25,27-28,32-33,35-36H,5-6,8,12-15,17-18,20,30H2,1-4H3/b21-11+,34-26?. The summed E-state index contributed by atoms with van der Waals surface area (Å²) in [6.07, 6.45) is 7.42. The first kappa shape index (κ1) is 30.1. The Morgan fingerprint density at radius 3 is 2.72 bits per heavy atom. The molecule has 7 heteroatoms. The minimum Gasteiger partial charge on any atom is -0.378 e. The molecule has 5 atom stereocenters. The van der Waals surface area contributed by atoms with Crippen LogP contribution in [0, 0.1) is 22.7 Å². The van der Waals surface area contributed by atoms with Gasteiger partial charge in [0.15, 0.2) is 0 Å². The van der Waals surface area contributed by atoms with E-state index in [1.807, 2.05) is 38.1 Å². The van der Waals surface area contributed by atoms with Crippen molar-refractivity contribution >= 4 is 5.71 Å². The molecule has 0 radical (unpaired) electrons. The van der Waals surface area contributed by atoms with Gasteiger partial charge in [0.25, 0.3) is 0 Å². The van der Waals surface area contributed by atoms with Crippen LogP contribution < -0.4 is 16.4 Å². The van der Waals surface area contributed by atoms with E-state index < -0.39 is 12.5 Å². The molecule has 1 aliphatic carbocycles. The minimum absolute atomic E-state index is 0.233. The molecular weight excluding hydrogens is 450 g/mol. The number of allylic oxidation sites excluding steroid dienone is 1. The third kappa shape index (κ3) is 9.42. The van der Waals surface area contributed by atoms with Gasteiger partial charge in [-0.05, 0) is 80.7 Å². The number of benzene rings is 1. The van der Waals surface area contributed by atoms with Crippen LogP contribution in [0.15, 0.2) is 40.9 Å². The molecule has 1 aromatic rings. The number of hydrogen-bond donors (Lipinski definition) is 5. The minimum atomic E-state index is -0.688. The number of aliphatic hydroxyl groups is 2. The highest BCUT2D eigenvalue weighted by atomic mass is 16.3. The van der Waals surface area contributed by atoms with Crippen LogP contribution in [0.1, 0.15) is 77.3 Å². The second-order valence-electron chi connectivity index (χ2n) is 10.3. The molecule has 1 fully saturated rings. The van der Waals surface area contributed by atoms with Gasteiger partial charge in [-0.3, -0.25) is 15.6 Å². The van der Waals surface area contributed by atoms with E-state index in [9.17, 15) is 10.2 Å². The van der Waals surface area contributed by atoms with Gasteiger partial charge >= 0.3 is 0 Å². The van der Waals surface area contributed by atoms with Gasteiger partial charge in [0.05, 0.1) is 17.7 Å². The van der Waals surface area contributed by atoms with Crippen LogP contribution in [0.4, 0.5) is 0 Å². The summed E-state index contributed by atoms with van der Waals surface area (Å²) in [6, 6.07) is 9.29. The van der Waals surface area contributed by atoms with E-state index in [1.54, 1.807) is 6.07 Å². The Bertz CT molecular complexity index is 909. The van der Waals surface area contributed by atoms with E-state index in [-0.39, 0.29) is 11.5 Å². The van der Waals surface area contributed by atoms with Gasteiger partial charge in [-0.1, -0.05) is 44.9 Å². The van der Waals surface area contributed by atoms with Crippen molar-refractivity contribution in [3.8, 4) is 6.07 Å². The third-order valence-corrected chi connectivity index (χ3v) is 7.35. The van der Waals surface area contributed by atoms with E-state index in [0.29, 0.717) is 24.4 Å². The number of aliphatic imine (C=N–C) groups is 1. The van der Waals surface area contributed by atoms with Crippen molar-refractivity contribution in [3.63, 3.8) is 0 Å². The van der Waals surface area contributed by atoms with Crippen molar-refractivity contribution in [2.75, 3.05) is 19.6 Å². The van der Waals surface area contributed by atoms with Crippen molar-refractivity contribution in [2.45, 2.75) is 91.1 Å². The van der Waals surface area contributed by atoms with Crippen LogP contribution in [-0.2, 0) is 6.42 Å². The normalized spacial score (nSPS) is 22.7. The number of rotatable bonds is 17. The Balaban J connectivity index is 1.83. The van der Waals surface area contributed by atoms with Crippen molar-refractivity contribution in [2.24, 2.45) is 22.1 Å². The molecule has 1 aromatic carbocycles. The molecule has 0 bridgehead atoms. The largest absolute Gasteiger partial charge is 0.378 e. The lowest BCUT2D eigenvalue weighted by Gasteiger charge is -2.22.